The molecule has 0 atom stereocenters. The van der Waals surface area contributed by atoms with Crippen LogP contribution in [0.1, 0.15) is 22.3 Å². The van der Waals surface area contributed by atoms with Gasteiger partial charge in [-0.1, -0.05) is 95.6 Å². The van der Waals surface area contributed by atoms with Crippen LogP contribution in [0.15, 0.2) is 85.1 Å². The highest BCUT2D eigenvalue weighted by molar-refractivity contribution is 8.41. The summed E-state index contributed by atoms with van der Waals surface area (Å²) in [4.78, 5) is 0. The smallest absolute Gasteiger partial charge is 0.0657 e. The van der Waals surface area contributed by atoms with Gasteiger partial charge in [-0.25, -0.2) is 0 Å². The molecule has 4 aliphatic carbocycles. The van der Waals surface area contributed by atoms with Crippen molar-refractivity contribution in [1.82, 2.24) is 0 Å². The average Bonchev–Trinajstić information content (AvgIpc) is 3.53. The normalized spacial score (nSPS) is 18.8. The number of hydrogen-bond donors (Lipinski definition) is 0. The molecular weight excluding hydrogens is 593 g/mol. The average molecular weight is 621 g/mol. The molecule has 0 fully saturated rings. The van der Waals surface area contributed by atoms with E-state index in [1.165, 1.54) is 47.7 Å². The van der Waals surface area contributed by atoms with Crippen molar-refractivity contribution in [2.45, 2.75) is 25.7 Å². The Morgan fingerprint density at radius 3 is 0.833 bits per heavy atom. The predicted octanol–water partition coefficient (Wildman–Crippen LogP) is 10.7. The lowest BCUT2D eigenvalue weighted by molar-refractivity contribution is 1.00. The summed E-state index contributed by atoms with van der Waals surface area (Å²) in [5, 5.41) is 0. The van der Waals surface area contributed by atoms with Crippen molar-refractivity contribution >= 4 is 94.1 Å². The molecule has 0 spiro atoms. The van der Waals surface area contributed by atoms with Gasteiger partial charge in [0.2, 0.25) is 0 Å². The van der Waals surface area contributed by atoms with Gasteiger partial charge in [0.05, 0.1) is 25.4 Å². The molecule has 2 aliphatic heterocycles. The van der Waals surface area contributed by atoms with Gasteiger partial charge in [0.1, 0.15) is 0 Å². The highest BCUT2D eigenvalue weighted by atomic mass is 32.3. The molecule has 2 aromatic rings. The SMILES string of the molecule is CSC1=C(SC)SC(=C2Cc3ccc(cc3)CC(=C3SC(SC)=C(SC)S3)Cc3ccc(cc3)C2)S1. The van der Waals surface area contributed by atoms with Gasteiger partial charge in [-0.05, 0) is 84.1 Å². The van der Waals surface area contributed by atoms with Crippen LogP contribution in [0.3, 0.4) is 0 Å². The molecule has 0 aromatic heterocycles. The minimum Gasteiger partial charge on any atom is -0.121 e. The van der Waals surface area contributed by atoms with Gasteiger partial charge < -0.3 is 0 Å². The lowest BCUT2D eigenvalue weighted by atomic mass is 9.94. The molecule has 4 bridgehead atoms. The van der Waals surface area contributed by atoms with E-state index < -0.39 is 0 Å². The van der Waals surface area contributed by atoms with E-state index in [9.17, 15) is 0 Å². The van der Waals surface area contributed by atoms with Crippen LogP contribution < -0.4 is 0 Å². The number of benzene rings is 2. The second-order valence-electron chi connectivity index (χ2n) is 8.50. The summed E-state index contributed by atoms with van der Waals surface area (Å²) in [6.45, 7) is 0. The monoisotopic (exact) mass is 620 g/mol. The lowest BCUT2D eigenvalue weighted by Gasteiger charge is -2.16. The highest BCUT2D eigenvalue weighted by Crippen LogP contribution is 2.58. The largest absolute Gasteiger partial charge is 0.121 e. The molecule has 0 N–H and O–H groups in total. The molecule has 188 valence electrons. The summed E-state index contributed by atoms with van der Waals surface area (Å²) in [6, 6.07) is 18.9. The van der Waals surface area contributed by atoms with Crippen molar-refractivity contribution in [1.29, 1.82) is 0 Å². The molecule has 2 aromatic carbocycles. The summed E-state index contributed by atoms with van der Waals surface area (Å²) >= 11 is 15.4. The fourth-order valence-electron chi connectivity index (χ4n) is 4.28. The zero-order valence-corrected chi connectivity index (χ0v) is 27.2. The minimum absolute atomic E-state index is 1.01. The van der Waals surface area contributed by atoms with Crippen molar-refractivity contribution in [3.05, 3.63) is 107 Å². The number of rotatable bonds is 4. The molecule has 6 aliphatic rings. The molecule has 2 heterocycles. The number of hydrogen-bond acceptors (Lipinski definition) is 8. The third-order valence-electron chi connectivity index (χ3n) is 6.11. The van der Waals surface area contributed by atoms with E-state index in [1.54, 1.807) is 11.1 Å². The molecule has 0 nitrogen and oxygen atoms in total. The van der Waals surface area contributed by atoms with Crippen LogP contribution in [-0.2, 0) is 25.7 Å². The molecule has 0 unspecified atom stereocenters. The predicted molar refractivity (Wildman–Crippen MR) is 180 cm³/mol. The van der Waals surface area contributed by atoms with Crippen molar-refractivity contribution in [2.75, 3.05) is 25.0 Å². The Kier molecular flexibility index (Phi) is 10.0. The van der Waals surface area contributed by atoms with Crippen molar-refractivity contribution < 1.29 is 0 Å². The molecule has 8 heteroatoms. The third-order valence-corrected chi connectivity index (χ3v) is 16.9. The Hall–Kier alpha value is 0.200. The van der Waals surface area contributed by atoms with Crippen LogP contribution in [0.25, 0.3) is 0 Å². The van der Waals surface area contributed by atoms with E-state index in [4.69, 9.17) is 0 Å². The molecule has 0 saturated heterocycles. The lowest BCUT2D eigenvalue weighted by Crippen LogP contribution is -2.02. The summed E-state index contributed by atoms with van der Waals surface area (Å²) in [6.07, 6.45) is 12.8. The first-order valence-corrected chi connectivity index (χ1v) is 19.7. The molecule has 36 heavy (non-hydrogen) atoms. The Morgan fingerprint density at radius 2 is 0.639 bits per heavy atom. The second-order valence-corrected chi connectivity index (χ2v) is 17.4. The number of allylic oxidation sites excluding steroid dienone is 2. The first-order chi connectivity index (χ1) is 17.6. The van der Waals surface area contributed by atoms with E-state index in [-0.39, 0.29) is 0 Å². The first kappa shape index (κ1) is 27.8. The van der Waals surface area contributed by atoms with Crippen LogP contribution in [0.2, 0.25) is 0 Å². The van der Waals surface area contributed by atoms with Gasteiger partial charge in [-0.15, -0.1) is 47.0 Å². The summed E-state index contributed by atoms with van der Waals surface area (Å²) in [5.41, 5.74) is 8.73. The summed E-state index contributed by atoms with van der Waals surface area (Å²) < 4.78 is 8.76. The zero-order chi connectivity index (χ0) is 25.1. The van der Waals surface area contributed by atoms with Gasteiger partial charge in [-0.3, -0.25) is 0 Å². The van der Waals surface area contributed by atoms with E-state index in [1.807, 2.05) is 94.1 Å². The summed E-state index contributed by atoms with van der Waals surface area (Å²) in [7, 11) is 0. The van der Waals surface area contributed by atoms with Crippen molar-refractivity contribution in [3.63, 3.8) is 0 Å². The van der Waals surface area contributed by atoms with Crippen LogP contribution in [-0.4, -0.2) is 25.0 Å². The van der Waals surface area contributed by atoms with Crippen molar-refractivity contribution in [3.8, 4) is 0 Å². The zero-order valence-electron chi connectivity index (χ0n) is 20.7. The fraction of sp³-hybridized carbons (Fsp3) is 0.286. The molecule has 0 saturated carbocycles. The maximum atomic E-state index is 2.36. The van der Waals surface area contributed by atoms with E-state index in [0.29, 0.717) is 0 Å². The first-order valence-electron chi connectivity index (χ1n) is 11.6. The van der Waals surface area contributed by atoms with E-state index in [0.717, 1.165) is 25.7 Å². The van der Waals surface area contributed by atoms with Crippen LogP contribution in [0, 0.1) is 0 Å². The topological polar surface area (TPSA) is 0 Å². The standard InChI is InChI=1S/C28H28S8/c1-29-25-26(30-2)34-23(33-25)21-13-17-5-9-19(10-6-17)15-22(16-20-11-7-18(14-21)8-12-20)24-35-27(31-3)28(32-4)36-24/h5-12H,13-16H2,1-4H3. The van der Waals surface area contributed by atoms with Gasteiger partial charge in [0.15, 0.2) is 0 Å². The minimum atomic E-state index is 1.01. The van der Waals surface area contributed by atoms with Gasteiger partial charge in [0.25, 0.3) is 0 Å². The van der Waals surface area contributed by atoms with E-state index in [2.05, 4.69) is 73.6 Å². The number of thioether (sulfide) groups is 8. The Balaban J connectivity index is 1.49. The Bertz CT molecular complexity index is 1060. The molecular formula is C28H28S8. The van der Waals surface area contributed by atoms with Crippen LogP contribution in [0.4, 0.5) is 0 Å². The molecule has 0 amide bonds. The summed E-state index contributed by atoms with van der Waals surface area (Å²) in [5.74, 6) is 0. The Labute approximate surface area is 250 Å². The second kappa shape index (κ2) is 13.0. The van der Waals surface area contributed by atoms with Gasteiger partial charge in [-0.2, -0.15) is 0 Å². The van der Waals surface area contributed by atoms with Crippen molar-refractivity contribution in [2.24, 2.45) is 0 Å². The van der Waals surface area contributed by atoms with Crippen LogP contribution in [0.5, 0.6) is 0 Å². The molecule has 0 radical (unpaired) electrons. The third kappa shape index (κ3) is 6.49. The van der Waals surface area contributed by atoms with Gasteiger partial charge in [0, 0.05) is 0 Å². The van der Waals surface area contributed by atoms with Crippen LogP contribution >= 0.6 is 94.1 Å². The maximum absolute atomic E-state index is 2.36. The maximum Gasteiger partial charge on any atom is 0.0657 e. The quantitative estimate of drug-likeness (QED) is 0.327. The Morgan fingerprint density at radius 1 is 0.417 bits per heavy atom. The fourth-order valence-corrected chi connectivity index (χ4v) is 14.4. The van der Waals surface area contributed by atoms with Gasteiger partial charge >= 0.3 is 0 Å². The van der Waals surface area contributed by atoms with E-state index >= 15 is 0 Å². The highest BCUT2D eigenvalue weighted by Gasteiger charge is 2.25. The molecule has 8 rings (SSSR count).